The normalized spacial score (nSPS) is 14.2. The lowest BCUT2D eigenvalue weighted by molar-refractivity contribution is -0.137. The molecular weight excluding hydrogens is 454 g/mol. The average molecular weight is 477 g/mol. The van der Waals surface area contributed by atoms with Crippen LogP contribution in [0.15, 0.2) is 48.8 Å². The Kier molecular flexibility index (Phi) is 7.08. The molecule has 0 amide bonds. The zero-order valence-corrected chi connectivity index (χ0v) is 18.3. The van der Waals surface area contributed by atoms with Crippen molar-refractivity contribution < 1.29 is 22.3 Å². The van der Waals surface area contributed by atoms with Crippen LogP contribution < -0.4 is 20.7 Å². The number of ether oxygens (including phenoxy) is 1. The van der Waals surface area contributed by atoms with Gasteiger partial charge in [-0.15, -0.1) is 0 Å². The molecule has 12 heteroatoms. The average Bonchev–Trinajstić information content (AvgIpc) is 2.84. The fraction of sp³-hybridized carbons (Fsp3) is 0.318. The van der Waals surface area contributed by atoms with Crippen LogP contribution in [-0.2, 0) is 17.5 Å². The van der Waals surface area contributed by atoms with E-state index in [0.717, 1.165) is 18.3 Å². The number of anilines is 4. The fourth-order valence-corrected chi connectivity index (χ4v) is 3.32. The number of morpholine rings is 1. The Morgan fingerprint density at radius 3 is 2.56 bits per heavy atom. The number of alkyl halides is 3. The first-order chi connectivity index (χ1) is 16.3. The third kappa shape index (κ3) is 5.88. The minimum absolute atomic E-state index is 0.227. The van der Waals surface area contributed by atoms with Gasteiger partial charge in [-0.1, -0.05) is 6.07 Å². The quantitative estimate of drug-likeness (QED) is 0.394. The Morgan fingerprint density at radius 2 is 1.85 bits per heavy atom. The molecule has 2 N–H and O–H groups in total. The molecule has 8 nitrogen and oxygen atoms in total. The third-order valence-electron chi connectivity index (χ3n) is 5.12. The van der Waals surface area contributed by atoms with Gasteiger partial charge in [0.25, 0.3) is 0 Å². The van der Waals surface area contributed by atoms with Gasteiger partial charge in [0.1, 0.15) is 0 Å². The molecule has 2 aromatic heterocycles. The fourth-order valence-electron chi connectivity index (χ4n) is 3.32. The monoisotopic (exact) mass is 477 g/mol. The molecule has 0 radical (unpaired) electrons. The van der Waals surface area contributed by atoms with Crippen molar-refractivity contribution in [3.63, 3.8) is 0 Å². The van der Waals surface area contributed by atoms with Crippen LogP contribution in [0.5, 0.6) is 0 Å². The molecule has 0 saturated carbocycles. The van der Waals surface area contributed by atoms with E-state index in [1.165, 1.54) is 12.3 Å². The summed E-state index contributed by atoms with van der Waals surface area (Å²) in [4.78, 5) is 14.5. The van der Waals surface area contributed by atoms with Gasteiger partial charge in [-0.3, -0.25) is 9.99 Å². The van der Waals surface area contributed by atoms with Gasteiger partial charge < -0.3 is 15.0 Å². The molecule has 180 valence electrons. The number of hydrogen-bond acceptors (Lipinski definition) is 8. The number of hydrogen-bond donors (Lipinski definition) is 2. The van der Waals surface area contributed by atoms with Gasteiger partial charge in [0, 0.05) is 25.8 Å². The van der Waals surface area contributed by atoms with Crippen LogP contribution in [0.3, 0.4) is 0 Å². The zero-order valence-electron chi connectivity index (χ0n) is 18.3. The van der Waals surface area contributed by atoms with Crippen molar-refractivity contribution in [2.45, 2.75) is 12.7 Å². The van der Waals surface area contributed by atoms with Crippen LogP contribution >= 0.6 is 0 Å². The molecule has 0 unspecified atom stereocenters. The molecule has 1 saturated heterocycles. The summed E-state index contributed by atoms with van der Waals surface area (Å²) in [5.41, 5.74) is 3.90. The highest BCUT2D eigenvalue weighted by Gasteiger charge is 2.30. The molecule has 1 aromatic carbocycles. The number of benzene rings is 1. The van der Waals surface area contributed by atoms with Crippen molar-refractivity contribution in [1.82, 2.24) is 20.4 Å². The highest BCUT2D eigenvalue weighted by Crippen LogP contribution is 2.31. The van der Waals surface area contributed by atoms with E-state index in [2.05, 4.69) is 25.7 Å². The van der Waals surface area contributed by atoms with E-state index >= 15 is 0 Å². The molecule has 34 heavy (non-hydrogen) atoms. The largest absolute Gasteiger partial charge is 0.416 e. The number of rotatable bonds is 7. The highest BCUT2D eigenvalue weighted by atomic mass is 19.4. The summed E-state index contributed by atoms with van der Waals surface area (Å²) >= 11 is 0. The van der Waals surface area contributed by atoms with E-state index in [-0.39, 0.29) is 5.82 Å². The number of hydrazine groups is 1. The summed E-state index contributed by atoms with van der Waals surface area (Å²) in [6, 6.07) is 8.40. The Balaban J connectivity index is 1.35. The molecule has 0 spiro atoms. The predicted molar refractivity (Wildman–Crippen MR) is 119 cm³/mol. The Labute approximate surface area is 193 Å². The highest BCUT2D eigenvalue weighted by molar-refractivity contribution is 5.59. The lowest BCUT2D eigenvalue weighted by Gasteiger charge is -2.28. The molecule has 3 aromatic rings. The van der Waals surface area contributed by atoms with Gasteiger partial charge in [-0.25, -0.2) is 14.8 Å². The van der Waals surface area contributed by atoms with Crippen molar-refractivity contribution in [2.24, 2.45) is 0 Å². The van der Waals surface area contributed by atoms with Crippen LogP contribution in [0.4, 0.5) is 40.7 Å². The first-order valence-corrected chi connectivity index (χ1v) is 10.5. The van der Waals surface area contributed by atoms with Crippen molar-refractivity contribution in [3.05, 3.63) is 65.9 Å². The molecule has 1 fully saturated rings. The van der Waals surface area contributed by atoms with Crippen LogP contribution in [-0.4, -0.2) is 48.3 Å². The second-order valence-electron chi connectivity index (χ2n) is 7.58. The topological polar surface area (TPSA) is 78.4 Å². The van der Waals surface area contributed by atoms with Gasteiger partial charge in [-0.2, -0.15) is 18.2 Å². The van der Waals surface area contributed by atoms with E-state index in [0.29, 0.717) is 55.9 Å². The van der Waals surface area contributed by atoms with E-state index in [9.17, 15) is 17.6 Å². The molecule has 3 heterocycles. The van der Waals surface area contributed by atoms with Crippen LogP contribution in [0, 0.1) is 5.82 Å². The lowest BCUT2D eigenvalue weighted by atomic mass is 10.2. The summed E-state index contributed by atoms with van der Waals surface area (Å²) in [5, 5.41) is 4.48. The van der Waals surface area contributed by atoms with E-state index < -0.39 is 17.6 Å². The minimum Gasteiger partial charge on any atom is -0.378 e. The van der Waals surface area contributed by atoms with Crippen LogP contribution in [0.25, 0.3) is 0 Å². The first-order valence-electron chi connectivity index (χ1n) is 10.5. The summed E-state index contributed by atoms with van der Waals surface area (Å²) in [6.07, 6.45) is -1.74. The van der Waals surface area contributed by atoms with Crippen molar-refractivity contribution in [2.75, 3.05) is 48.6 Å². The van der Waals surface area contributed by atoms with Gasteiger partial charge in [0.2, 0.25) is 5.95 Å². The molecule has 1 aliphatic heterocycles. The summed E-state index contributed by atoms with van der Waals surface area (Å²) in [7, 11) is 1.71. The van der Waals surface area contributed by atoms with Gasteiger partial charge >= 0.3 is 6.18 Å². The van der Waals surface area contributed by atoms with Gasteiger partial charge in [0.05, 0.1) is 49.1 Å². The number of pyridine rings is 1. The summed E-state index contributed by atoms with van der Waals surface area (Å²) in [5.74, 6) is 0.0281. The van der Waals surface area contributed by atoms with E-state index in [1.54, 1.807) is 30.3 Å². The number of halogens is 4. The van der Waals surface area contributed by atoms with Crippen molar-refractivity contribution in [1.29, 1.82) is 0 Å². The molecule has 4 rings (SSSR count). The van der Waals surface area contributed by atoms with Crippen molar-refractivity contribution >= 4 is 23.1 Å². The molecular formula is C22H23F4N7O. The summed E-state index contributed by atoms with van der Waals surface area (Å²) < 4.78 is 58.2. The lowest BCUT2D eigenvalue weighted by Crippen LogP contribution is -2.39. The third-order valence-corrected chi connectivity index (χ3v) is 5.12. The smallest absolute Gasteiger partial charge is 0.378 e. The van der Waals surface area contributed by atoms with Gasteiger partial charge in [-0.05, 0) is 30.3 Å². The van der Waals surface area contributed by atoms with E-state index in [4.69, 9.17) is 4.74 Å². The van der Waals surface area contributed by atoms with Crippen molar-refractivity contribution in [3.8, 4) is 0 Å². The molecule has 0 atom stereocenters. The Hall–Kier alpha value is -3.51. The second kappa shape index (κ2) is 10.2. The van der Waals surface area contributed by atoms with Gasteiger partial charge in [0.15, 0.2) is 11.6 Å². The maximum atomic E-state index is 14.2. The first kappa shape index (κ1) is 23.6. The zero-order chi connectivity index (χ0) is 24.1. The van der Waals surface area contributed by atoms with Crippen LogP contribution in [0.1, 0.15) is 11.3 Å². The molecule has 0 aliphatic carbocycles. The number of nitrogens with zero attached hydrogens (tertiary/aromatic N) is 5. The maximum Gasteiger partial charge on any atom is 0.416 e. The molecule has 0 bridgehead atoms. The SMILES string of the molecule is CN(NCc1ccc(Nc2cccc(C(F)(F)F)c2)cn1)c1ncc(F)c(N2CCOCC2)n1. The molecule has 1 aliphatic rings. The van der Waals surface area contributed by atoms with Crippen LogP contribution in [0.2, 0.25) is 0 Å². The number of aromatic nitrogens is 3. The number of nitrogens with one attached hydrogen (secondary N) is 2. The minimum atomic E-state index is -4.41. The second-order valence-corrected chi connectivity index (χ2v) is 7.58. The maximum absolute atomic E-state index is 14.2. The summed E-state index contributed by atoms with van der Waals surface area (Å²) in [6.45, 7) is 2.45. The Morgan fingerprint density at radius 1 is 1.06 bits per heavy atom. The standard InChI is InChI=1S/C22H23F4N7O/c1-32(21-28-14-19(23)20(31-21)33-7-9-34-10-8-33)29-13-17-5-6-18(12-27-17)30-16-4-2-3-15(11-16)22(24,25)26/h2-6,11-12,14,29-30H,7-10,13H2,1H3. The predicted octanol–water partition coefficient (Wildman–Crippen LogP) is 3.75. The van der Waals surface area contributed by atoms with E-state index in [1.807, 2.05) is 4.90 Å². The Bertz CT molecular complexity index is 1110.